The first-order chi connectivity index (χ1) is 14.6. The fourth-order valence-electron chi connectivity index (χ4n) is 3.45. The molecule has 3 rings (SSSR count). The molecule has 31 heavy (non-hydrogen) atoms. The molecule has 1 aliphatic rings. The monoisotopic (exact) mass is 435 g/mol. The SMILES string of the molecule is CCc1ccnc(NC(=O)CN2C(=O)N(c3ccc(C(F)(F)F)nc3)C[C@@H]2C(C)C)c1. The first-order valence-electron chi connectivity index (χ1n) is 9.96. The number of aromatic nitrogens is 2. The summed E-state index contributed by atoms with van der Waals surface area (Å²) in [6.07, 6.45) is -1.13. The van der Waals surface area contributed by atoms with Gasteiger partial charge in [-0.15, -0.1) is 0 Å². The topological polar surface area (TPSA) is 78.4 Å². The predicted octanol–water partition coefficient (Wildman–Crippen LogP) is 3.96. The minimum absolute atomic E-state index is 0.0331. The van der Waals surface area contributed by atoms with Gasteiger partial charge in [0.25, 0.3) is 0 Å². The molecule has 1 fully saturated rings. The highest BCUT2D eigenvalue weighted by molar-refractivity contribution is 5.99. The van der Waals surface area contributed by atoms with Gasteiger partial charge in [0.2, 0.25) is 5.91 Å². The lowest BCUT2D eigenvalue weighted by Crippen LogP contribution is -2.42. The third-order valence-electron chi connectivity index (χ3n) is 5.18. The standard InChI is InChI=1S/C21H24F3N5O2/c1-4-14-7-8-25-18(9-14)27-19(30)12-29-16(13(2)3)11-28(20(29)31)15-5-6-17(26-10-15)21(22,23)24/h5-10,13,16H,4,11-12H2,1-3H3,(H,25,27,30)/t16-/m1/s1. The quantitative estimate of drug-likeness (QED) is 0.745. The summed E-state index contributed by atoms with van der Waals surface area (Å²) in [6.45, 7) is 5.89. The van der Waals surface area contributed by atoms with Crippen LogP contribution in [-0.2, 0) is 17.4 Å². The largest absolute Gasteiger partial charge is 0.433 e. The fourth-order valence-corrected chi connectivity index (χ4v) is 3.45. The molecule has 166 valence electrons. The summed E-state index contributed by atoms with van der Waals surface area (Å²) in [5.74, 6) is 0.0405. The molecule has 10 heteroatoms. The molecular weight excluding hydrogens is 411 g/mol. The molecule has 2 aromatic rings. The number of hydrogen-bond donors (Lipinski definition) is 1. The molecule has 1 N–H and O–H groups in total. The maximum Gasteiger partial charge on any atom is 0.433 e. The summed E-state index contributed by atoms with van der Waals surface area (Å²) < 4.78 is 38.3. The minimum Gasteiger partial charge on any atom is -0.310 e. The van der Waals surface area contributed by atoms with Crippen LogP contribution in [0.2, 0.25) is 0 Å². The molecule has 1 aliphatic heterocycles. The van der Waals surface area contributed by atoms with Gasteiger partial charge in [0.05, 0.1) is 17.9 Å². The van der Waals surface area contributed by atoms with Crippen molar-refractivity contribution >= 4 is 23.4 Å². The van der Waals surface area contributed by atoms with Crippen LogP contribution in [0, 0.1) is 5.92 Å². The summed E-state index contributed by atoms with van der Waals surface area (Å²) in [5, 5.41) is 2.70. The van der Waals surface area contributed by atoms with Crippen molar-refractivity contribution < 1.29 is 22.8 Å². The number of alkyl halides is 3. The third kappa shape index (κ3) is 5.12. The van der Waals surface area contributed by atoms with Crippen LogP contribution in [-0.4, -0.2) is 45.9 Å². The zero-order valence-corrected chi connectivity index (χ0v) is 17.5. The molecule has 0 radical (unpaired) electrons. The average Bonchev–Trinajstić information content (AvgIpc) is 3.04. The van der Waals surface area contributed by atoms with Gasteiger partial charge in [-0.1, -0.05) is 20.8 Å². The Hall–Kier alpha value is -3.17. The van der Waals surface area contributed by atoms with E-state index in [4.69, 9.17) is 0 Å². The Kier molecular flexibility index (Phi) is 6.47. The number of amides is 3. The van der Waals surface area contributed by atoms with Gasteiger partial charge in [0, 0.05) is 12.7 Å². The number of anilines is 2. The number of urea groups is 1. The van der Waals surface area contributed by atoms with Gasteiger partial charge in [-0.2, -0.15) is 13.2 Å². The summed E-state index contributed by atoms with van der Waals surface area (Å²) in [4.78, 5) is 35.9. The van der Waals surface area contributed by atoms with E-state index in [0.717, 1.165) is 24.2 Å². The Labute approximate surface area is 178 Å². The van der Waals surface area contributed by atoms with Gasteiger partial charge >= 0.3 is 12.2 Å². The van der Waals surface area contributed by atoms with Crippen molar-refractivity contribution in [1.82, 2.24) is 14.9 Å². The molecule has 3 heterocycles. The van der Waals surface area contributed by atoms with Gasteiger partial charge in [-0.05, 0) is 42.2 Å². The summed E-state index contributed by atoms with van der Waals surface area (Å²) in [5.41, 5.74) is 0.244. The van der Waals surface area contributed by atoms with E-state index in [0.29, 0.717) is 5.82 Å². The van der Waals surface area contributed by atoms with Crippen molar-refractivity contribution in [2.24, 2.45) is 5.92 Å². The summed E-state index contributed by atoms with van der Waals surface area (Å²) >= 11 is 0. The van der Waals surface area contributed by atoms with Crippen LogP contribution in [0.3, 0.4) is 0 Å². The van der Waals surface area contributed by atoms with Crippen LogP contribution >= 0.6 is 0 Å². The Morgan fingerprint density at radius 2 is 2.00 bits per heavy atom. The smallest absolute Gasteiger partial charge is 0.310 e. The lowest BCUT2D eigenvalue weighted by molar-refractivity contribution is -0.141. The Morgan fingerprint density at radius 1 is 1.26 bits per heavy atom. The molecule has 0 saturated carbocycles. The lowest BCUT2D eigenvalue weighted by atomic mass is 10.0. The number of pyridine rings is 2. The number of aryl methyl sites for hydroxylation is 1. The molecule has 7 nitrogen and oxygen atoms in total. The molecule has 1 saturated heterocycles. The number of rotatable bonds is 6. The second-order valence-electron chi connectivity index (χ2n) is 7.68. The number of halogens is 3. The number of carbonyl (C=O) groups is 2. The van der Waals surface area contributed by atoms with Gasteiger partial charge in [-0.25, -0.2) is 14.8 Å². The highest BCUT2D eigenvalue weighted by Crippen LogP contribution is 2.31. The molecular formula is C21H24F3N5O2. The normalized spacial score (nSPS) is 16.9. The molecule has 0 unspecified atom stereocenters. The lowest BCUT2D eigenvalue weighted by Gasteiger charge is -2.25. The van der Waals surface area contributed by atoms with Gasteiger partial charge in [-0.3, -0.25) is 9.69 Å². The van der Waals surface area contributed by atoms with Gasteiger partial charge in [0.15, 0.2) is 0 Å². The van der Waals surface area contributed by atoms with Crippen LogP contribution < -0.4 is 10.2 Å². The summed E-state index contributed by atoms with van der Waals surface area (Å²) in [6, 6.07) is 4.94. The second-order valence-corrected chi connectivity index (χ2v) is 7.68. The van der Waals surface area contributed by atoms with Crippen molar-refractivity contribution in [3.8, 4) is 0 Å². The minimum atomic E-state index is -4.55. The van der Waals surface area contributed by atoms with E-state index >= 15 is 0 Å². The van der Waals surface area contributed by atoms with Gasteiger partial charge < -0.3 is 10.2 Å². The van der Waals surface area contributed by atoms with Crippen molar-refractivity contribution in [1.29, 1.82) is 0 Å². The average molecular weight is 435 g/mol. The maximum atomic E-state index is 13.0. The Bertz CT molecular complexity index is 947. The zero-order chi connectivity index (χ0) is 22.8. The second kappa shape index (κ2) is 8.91. The highest BCUT2D eigenvalue weighted by atomic mass is 19.4. The van der Waals surface area contributed by atoms with E-state index in [1.54, 1.807) is 12.3 Å². The van der Waals surface area contributed by atoms with E-state index < -0.39 is 23.8 Å². The number of carbonyl (C=O) groups excluding carboxylic acids is 2. The molecule has 0 bridgehead atoms. The van der Waals surface area contributed by atoms with Crippen LogP contribution in [0.4, 0.5) is 29.5 Å². The zero-order valence-electron chi connectivity index (χ0n) is 17.5. The Morgan fingerprint density at radius 3 is 2.58 bits per heavy atom. The highest BCUT2D eigenvalue weighted by Gasteiger charge is 2.41. The third-order valence-corrected chi connectivity index (χ3v) is 5.18. The molecule has 2 aromatic heterocycles. The van der Waals surface area contributed by atoms with Crippen LogP contribution in [0.15, 0.2) is 36.7 Å². The molecule has 0 spiro atoms. The van der Waals surface area contributed by atoms with E-state index in [2.05, 4.69) is 15.3 Å². The first-order valence-corrected chi connectivity index (χ1v) is 9.96. The van der Waals surface area contributed by atoms with E-state index in [1.807, 2.05) is 26.8 Å². The molecule has 0 aliphatic carbocycles. The molecule has 3 amide bonds. The van der Waals surface area contributed by atoms with Crippen molar-refractivity contribution in [3.05, 3.63) is 47.9 Å². The van der Waals surface area contributed by atoms with Crippen molar-refractivity contribution in [2.75, 3.05) is 23.3 Å². The number of nitrogens with zero attached hydrogens (tertiary/aromatic N) is 4. The maximum absolute atomic E-state index is 13.0. The number of nitrogens with one attached hydrogen (secondary N) is 1. The summed E-state index contributed by atoms with van der Waals surface area (Å²) in [7, 11) is 0. The van der Waals surface area contributed by atoms with Gasteiger partial charge in [0.1, 0.15) is 18.1 Å². The van der Waals surface area contributed by atoms with Crippen LogP contribution in [0.25, 0.3) is 0 Å². The predicted molar refractivity (Wildman–Crippen MR) is 110 cm³/mol. The Balaban J connectivity index is 1.75. The number of hydrogen-bond acceptors (Lipinski definition) is 4. The molecule has 0 aromatic carbocycles. The van der Waals surface area contributed by atoms with E-state index in [1.165, 1.54) is 15.9 Å². The van der Waals surface area contributed by atoms with Crippen LogP contribution in [0.5, 0.6) is 0 Å². The molecule has 1 atom stereocenters. The first kappa shape index (κ1) is 22.5. The van der Waals surface area contributed by atoms with Crippen LogP contribution in [0.1, 0.15) is 32.0 Å². The van der Waals surface area contributed by atoms with E-state index in [-0.39, 0.29) is 30.7 Å². The fraction of sp³-hybridized carbons (Fsp3) is 0.429. The van der Waals surface area contributed by atoms with E-state index in [9.17, 15) is 22.8 Å². The van der Waals surface area contributed by atoms with Crippen molar-refractivity contribution in [3.63, 3.8) is 0 Å². The van der Waals surface area contributed by atoms with Crippen molar-refractivity contribution in [2.45, 2.75) is 39.4 Å².